The Labute approximate surface area is 98.0 Å². The molecule has 1 fully saturated rings. The number of hydrogen-bond donors (Lipinski definition) is 1. The molecule has 2 atom stereocenters. The quantitative estimate of drug-likeness (QED) is 0.832. The molecule has 0 aromatic heterocycles. The van der Waals surface area contributed by atoms with E-state index in [-0.39, 0.29) is 23.2 Å². The van der Waals surface area contributed by atoms with E-state index in [0.29, 0.717) is 0 Å². The Morgan fingerprint density at radius 1 is 1.47 bits per heavy atom. The number of nitrogens with two attached hydrogens (primary N) is 1. The molecule has 1 aliphatic carbocycles. The lowest BCUT2D eigenvalue weighted by atomic mass is 9.56. The molecule has 1 aromatic rings. The van der Waals surface area contributed by atoms with Gasteiger partial charge in [-0.1, -0.05) is 35.8 Å². The fourth-order valence-electron chi connectivity index (χ4n) is 2.27. The molecule has 0 heterocycles. The SMILES string of the molecule is CC1(C)C(N)CC1c1ccc(Br)cc1F. The van der Waals surface area contributed by atoms with Gasteiger partial charge in [0.15, 0.2) is 0 Å². The highest BCUT2D eigenvalue weighted by atomic mass is 79.9. The summed E-state index contributed by atoms with van der Waals surface area (Å²) < 4.78 is 14.5. The second-order valence-electron chi connectivity index (χ2n) is 4.88. The van der Waals surface area contributed by atoms with Crippen LogP contribution < -0.4 is 5.73 Å². The average Bonchev–Trinajstić information content (AvgIpc) is 2.15. The Kier molecular flexibility index (Phi) is 2.63. The first-order chi connectivity index (χ1) is 6.93. The topological polar surface area (TPSA) is 26.0 Å². The second-order valence-corrected chi connectivity index (χ2v) is 5.80. The summed E-state index contributed by atoms with van der Waals surface area (Å²) in [6.45, 7) is 4.21. The highest BCUT2D eigenvalue weighted by Gasteiger charge is 2.47. The van der Waals surface area contributed by atoms with Crippen LogP contribution in [0.15, 0.2) is 22.7 Å². The van der Waals surface area contributed by atoms with E-state index in [4.69, 9.17) is 5.73 Å². The summed E-state index contributed by atoms with van der Waals surface area (Å²) in [6.07, 6.45) is 0.881. The summed E-state index contributed by atoms with van der Waals surface area (Å²) in [5, 5.41) is 0. The zero-order chi connectivity index (χ0) is 11.2. The van der Waals surface area contributed by atoms with Gasteiger partial charge < -0.3 is 5.73 Å². The Morgan fingerprint density at radius 2 is 2.13 bits per heavy atom. The van der Waals surface area contributed by atoms with Crippen LogP contribution in [0.4, 0.5) is 4.39 Å². The zero-order valence-electron chi connectivity index (χ0n) is 8.93. The third-order valence-corrected chi connectivity index (χ3v) is 4.17. The van der Waals surface area contributed by atoms with Gasteiger partial charge in [-0.2, -0.15) is 0 Å². The summed E-state index contributed by atoms with van der Waals surface area (Å²) in [5.74, 6) is 0.120. The first-order valence-electron chi connectivity index (χ1n) is 5.13. The van der Waals surface area contributed by atoms with Crippen LogP contribution in [0.1, 0.15) is 31.7 Å². The average molecular weight is 272 g/mol. The van der Waals surface area contributed by atoms with Gasteiger partial charge in [-0.3, -0.25) is 0 Å². The van der Waals surface area contributed by atoms with Crippen molar-refractivity contribution in [3.63, 3.8) is 0 Å². The van der Waals surface area contributed by atoms with Gasteiger partial charge in [-0.15, -0.1) is 0 Å². The molecule has 1 aliphatic rings. The van der Waals surface area contributed by atoms with Gasteiger partial charge in [0.05, 0.1) is 0 Å². The molecule has 1 aromatic carbocycles. The molecule has 2 N–H and O–H groups in total. The minimum absolute atomic E-state index is 0.00860. The summed E-state index contributed by atoms with van der Waals surface area (Å²) in [7, 11) is 0. The number of hydrogen-bond acceptors (Lipinski definition) is 1. The minimum atomic E-state index is -0.130. The first kappa shape index (κ1) is 11.1. The van der Waals surface area contributed by atoms with E-state index in [0.717, 1.165) is 16.5 Å². The van der Waals surface area contributed by atoms with Crippen molar-refractivity contribution in [1.82, 2.24) is 0 Å². The number of rotatable bonds is 1. The predicted octanol–water partition coefficient (Wildman–Crippen LogP) is 3.43. The first-order valence-corrected chi connectivity index (χ1v) is 5.92. The molecule has 0 radical (unpaired) electrons. The van der Waals surface area contributed by atoms with Gasteiger partial charge in [0, 0.05) is 10.5 Å². The Balaban J connectivity index is 2.32. The van der Waals surface area contributed by atoms with Crippen LogP contribution in [-0.4, -0.2) is 6.04 Å². The predicted molar refractivity (Wildman–Crippen MR) is 63.2 cm³/mol. The van der Waals surface area contributed by atoms with Gasteiger partial charge >= 0.3 is 0 Å². The second kappa shape index (κ2) is 3.56. The fourth-order valence-corrected chi connectivity index (χ4v) is 2.60. The Bertz CT molecular complexity index is 389. The van der Waals surface area contributed by atoms with E-state index in [1.165, 1.54) is 6.07 Å². The molecule has 3 heteroatoms. The van der Waals surface area contributed by atoms with E-state index in [1.807, 2.05) is 12.1 Å². The van der Waals surface area contributed by atoms with Crippen molar-refractivity contribution in [2.24, 2.45) is 11.1 Å². The Morgan fingerprint density at radius 3 is 2.60 bits per heavy atom. The van der Waals surface area contributed by atoms with Gasteiger partial charge in [0.25, 0.3) is 0 Å². The Hall–Kier alpha value is -0.410. The summed E-state index contributed by atoms with van der Waals surface area (Å²) in [6, 6.07) is 5.45. The van der Waals surface area contributed by atoms with Gasteiger partial charge in [0.1, 0.15) is 5.82 Å². The number of benzene rings is 1. The van der Waals surface area contributed by atoms with Crippen molar-refractivity contribution in [1.29, 1.82) is 0 Å². The molecule has 0 aliphatic heterocycles. The van der Waals surface area contributed by atoms with E-state index >= 15 is 0 Å². The molecule has 2 rings (SSSR count). The number of halogens is 2. The standard InChI is InChI=1S/C12H15BrFN/c1-12(2)9(6-11(12)15)8-4-3-7(13)5-10(8)14/h3-5,9,11H,6,15H2,1-2H3. The molecule has 0 amide bonds. The van der Waals surface area contributed by atoms with Gasteiger partial charge in [-0.05, 0) is 35.4 Å². The maximum Gasteiger partial charge on any atom is 0.127 e. The van der Waals surface area contributed by atoms with Gasteiger partial charge in [-0.25, -0.2) is 4.39 Å². The lowest BCUT2D eigenvalue weighted by molar-refractivity contribution is 0.0957. The van der Waals surface area contributed by atoms with Crippen LogP contribution in [0.3, 0.4) is 0 Å². The van der Waals surface area contributed by atoms with Crippen molar-refractivity contribution >= 4 is 15.9 Å². The molecule has 0 bridgehead atoms. The van der Waals surface area contributed by atoms with Crippen molar-refractivity contribution in [2.45, 2.75) is 32.2 Å². The van der Waals surface area contributed by atoms with Crippen molar-refractivity contribution < 1.29 is 4.39 Å². The van der Waals surface area contributed by atoms with Crippen LogP contribution in [0, 0.1) is 11.2 Å². The molecular formula is C12H15BrFN. The van der Waals surface area contributed by atoms with Crippen LogP contribution in [0.5, 0.6) is 0 Å². The lowest BCUT2D eigenvalue weighted by Gasteiger charge is -2.50. The molecule has 15 heavy (non-hydrogen) atoms. The zero-order valence-corrected chi connectivity index (χ0v) is 10.5. The van der Waals surface area contributed by atoms with Crippen LogP contribution in [0.2, 0.25) is 0 Å². The molecule has 0 spiro atoms. The van der Waals surface area contributed by atoms with Crippen molar-refractivity contribution in [3.05, 3.63) is 34.1 Å². The molecule has 0 saturated heterocycles. The molecular weight excluding hydrogens is 257 g/mol. The summed E-state index contributed by atoms with van der Waals surface area (Å²) >= 11 is 3.26. The monoisotopic (exact) mass is 271 g/mol. The largest absolute Gasteiger partial charge is 0.327 e. The van der Waals surface area contributed by atoms with Crippen molar-refractivity contribution in [3.8, 4) is 0 Å². The highest BCUT2D eigenvalue weighted by molar-refractivity contribution is 9.10. The van der Waals surface area contributed by atoms with Crippen LogP contribution in [-0.2, 0) is 0 Å². The summed E-state index contributed by atoms with van der Waals surface area (Å²) in [4.78, 5) is 0. The maximum absolute atomic E-state index is 13.7. The van der Waals surface area contributed by atoms with E-state index in [9.17, 15) is 4.39 Å². The van der Waals surface area contributed by atoms with Gasteiger partial charge in [0.2, 0.25) is 0 Å². The van der Waals surface area contributed by atoms with E-state index in [1.54, 1.807) is 0 Å². The van der Waals surface area contributed by atoms with Crippen molar-refractivity contribution in [2.75, 3.05) is 0 Å². The van der Waals surface area contributed by atoms with Crippen LogP contribution in [0.25, 0.3) is 0 Å². The third kappa shape index (κ3) is 1.72. The lowest BCUT2D eigenvalue weighted by Crippen LogP contribution is -2.53. The fraction of sp³-hybridized carbons (Fsp3) is 0.500. The van der Waals surface area contributed by atoms with E-state index < -0.39 is 0 Å². The molecule has 1 nitrogen and oxygen atoms in total. The van der Waals surface area contributed by atoms with Crippen LogP contribution >= 0.6 is 15.9 Å². The van der Waals surface area contributed by atoms with E-state index in [2.05, 4.69) is 29.8 Å². The third-order valence-electron chi connectivity index (χ3n) is 3.68. The molecule has 1 saturated carbocycles. The normalized spacial score (nSPS) is 28.6. The summed E-state index contributed by atoms with van der Waals surface area (Å²) in [5.41, 5.74) is 6.74. The minimum Gasteiger partial charge on any atom is -0.327 e. The smallest absolute Gasteiger partial charge is 0.127 e. The molecule has 2 unspecified atom stereocenters. The maximum atomic E-state index is 13.7. The molecule has 82 valence electrons. The highest BCUT2D eigenvalue weighted by Crippen LogP contribution is 2.52.